The fraction of sp³-hybridized carbons (Fsp3) is 0.286. The molecule has 0 radical (unpaired) electrons. The van der Waals surface area contributed by atoms with Gasteiger partial charge in [-0.2, -0.15) is 0 Å². The van der Waals surface area contributed by atoms with Crippen LogP contribution in [0.5, 0.6) is 0 Å². The largest absolute Gasteiger partial charge is 0.445 e. The first-order valence-electron chi connectivity index (χ1n) is 6.26. The first-order valence-corrected chi connectivity index (χ1v) is 8.41. The van der Waals surface area contributed by atoms with Crippen LogP contribution in [0.3, 0.4) is 0 Å². The third-order valence-electron chi connectivity index (χ3n) is 2.66. The molecule has 1 N–H and O–H groups in total. The molecular weight excluding hydrogens is 292 g/mol. The number of carbonyl (C=O) groups excluding carboxylic acids is 1. The highest BCUT2D eigenvalue weighted by molar-refractivity contribution is 8.78. The summed E-state index contributed by atoms with van der Waals surface area (Å²) in [5.74, 6) is 0. The summed E-state index contributed by atoms with van der Waals surface area (Å²) in [6, 6.07) is 5.90. The molecule has 1 heterocycles. The molecular formula is C14H16N2O2S2. The van der Waals surface area contributed by atoms with Gasteiger partial charge >= 0.3 is 6.09 Å². The summed E-state index contributed by atoms with van der Waals surface area (Å²) in [5.41, 5.74) is 1.14. The van der Waals surface area contributed by atoms with E-state index in [9.17, 15) is 4.79 Å². The minimum atomic E-state index is -0.388. The Bertz CT molecular complexity index is 515. The van der Waals surface area contributed by atoms with Gasteiger partial charge in [0.2, 0.25) is 0 Å². The molecule has 1 aromatic rings. The maximum absolute atomic E-state index is 11.0. The monoisotopic (exact) mass is 308 g/mol. The number of aromatic nitrogens is 1. The fourth-order valence-corrected chi connectivity index (χ4v) is 3.60. The zero-order valence-electron chi connectivity index (χ0n) is 11.2. The summed E-state index contributed by atoms with van der Waals surface area (Å²) in [5, 5.41) is 3.44. The van der Waals surface area contributed by atoms with Crippen molar-refractivity contribution in [2.75, 3.05) is 13.7 Å². The van der Waals surface area contributed by atoms with Crippen LogP contribution in [0.1, 0.15) is 12.8 Å². The van der Waals surface area contributed by atoms with Crippen molar-refractivity contribution in [3.63, 3.8) is 0 Å². The number of hydrogen-bond donors (Lipinski definition) is 1. The molecule has 0 fully saturated rings. The third-order valence-corrected chi connectivity index (χ3v) is 5.12. The van der Waals surface area contributed by atoms with Gasteiger partial charge in [-0.15, -0.1) is 0 Å². The number of amides is 1. The third kappa shape index (κ3) is 4.94. The van der Waals surface area contributed by atoms with Gasteiger partial charge in [0.05, 0.1) is 0 Å². The van der Waals surface area contributed by atoms with E-state index in [1.165, 1.54) is 4.91 Å². The lowest BCUT2D eigenvalue weighted by molar-refractivity contribution is 0.157. The van der Waals surface area contributed by atoms with Crippen molar-refractivity contribution >= 4 is 27.7 Å². The summed E-state index contributed by atoms with van der Waals surface area (Å²) >= 11 is 0. The molecule has 106 valence electrons. The van der Waals surface area contributed by atoms with Crippen molar-refractivity contribution in [3.8, 4) is 0 Å². The first-order chi connectivity index (χ1) is 9.78. The molecule has 0 saturated carbocycles. The summed E-state index contributed by atoms with van der Waals surface area (Å²) < 4.78 is 5.03. The highest BCUT2D eigenvalue weighted by Gasteiger charge is 2.09. The number of hydrogen-bond acceptors (Lipinski definition) is 5. The Labute approximate surface area is 126 Å². The zero-order valence-corrected chi connectivity index (χ0v) is 12.8. The van der Waals surface area contributed by atoms with Gasteiger partial charge < -0.3 is 10.1 Å². The molecule has 0 aliphatic heterocycles. The number of ether oxygens (including phenoxy) is 1. The van der Waals surface area contributed by atoms with Crippen LogP contribution >= 0.6 is 21.6 Å². The van der Waals surface area contributed by atoms with E-state index in [-0.39, 0.29) is 6.09 Å². The molecule has 1 aliphatic rings. The number of carbonyl (C=O) groups is 1. The summed E-state index contributed by atoms with van der Waals surface area (Å²) in [7, 11) is 4.95. The van der Waals surface area contributed by atoms with Gasteiger partial charge in [0.1, 0.15) is 11.6 Å². The van der Waals surface area contributed by atoms with E-state index in [4.69, 9.17) is 4.74 Å². The molecule has 0 spiro atoms. The molecule has 1 amide bonds. The predicted octanol–water partition coefficient (Wildman–Crippen LogP) is 3.78. The molecule has 2 rings (SSSR count). The molecule has 0 saturated heterocycles. The normalized spacial score (nSPS) is 14.2. The number of nitrogens with one attached hydrogen (secondary N) is 1. The maximum atomic E-state index is 11.0. The van der Waals surface area contributed by atoms with Gasteiger partial charge in [-0.05, 0) is 46.2 Å². The summed E-state index contributed by atoms with van der Waals surface area (Å²) in [6.45, 7) is 0.363. The van der Waals surface area contributed by atoms with Crippen LogP contribution in [-0.2, 0) is 4.74 Å². The molecule has 6 heteroatoms. The second-order valence-electron chi connectivity index (χ2n) is 4.12. The average Bonchev–Trinajstić information content (AvgIpc) is 2.52. The quantitative estimate of drug-likeness (QED) is 0.839. The molecule has 20 heavy (non-hydrogen) atoms. The van der Waals surface area contributed by atoms with Crippen LogP contribution < -0.4 is 5.32 Å². The smallest absolute Gasteiger partial charge is 0.407 e. The molecule has 0 atom stereocenters. The van der Waals surface area contributed by atoms with Crippen LogP contribution in [0.25, 0.3) is 0 Å². The zero-order chi connectivity index (χ0) is 14.2. The molecule has 0 aromatic carbocycles. The maximum Gasteiger partial charge on any atom is 0.407 e. The Balaban J connectivity index is 1.79. The Kier molecular flexibility index (Phi) is 6.01. The first kappa shape index (κ1) is 15.0. The second-order valence-corrected chi connectivity index (χ2v) is 6.39. The van der Waals surface area contributed by atoms with E-state index in [1.54, 1.807) is 34.8 Å². The van der Waals surface area contributed by atoms with Crippen LogP contribution in [0.2, 0.25) is 0 Å². The Morgan fingerprint density at radius 3 is 2.90 bits per heavy atom. The lowest BCUT2D eigenvalue weighted by atomic mass is 10.1. The van der Waals surface area contributed by atoms with E-state index < -0.39 is 0 Å². The lowest BCUT2D eigenvalue weighted by Crippen LogP contribution is -2.20. The van der Waals surface area contributed by atoms with E-state index in [1.807, 2.05) is 24.3 Å². The van der Waals surface area contributed by atoms with Crippen molar-refractivity contribution in [2.45, 2.75) is 17.9 Å². The number of rotatable bonds is 5. The highest BCUT2D eigenvalue weighted by Crippen LogP contribution is 2.39. The minimum Gasteiger partial charge on any atom is -0.445 e. The number of nitrogens with zero attached hydrogens (tertiary/aromatic N) is 1. The van der Waals surface area contributed by atoms with E-state index in [0.717, 1.165) is 23.4 Å². The Morgan fingerprint density at radius 2 is 2.25 bits per heavy atom. The van der Waals surface area contributed by atoms with Crippen LogP contribution in [0.4, 0.5) is 4.79 Å². The van der Waals surface area contributed by atoms with Gasteiger partial charge in [0.15, 0.2) is 0 Å². The van der Waals surface area contributed by atoms with Gasteiger partial charge in [0, 0.05) is 13.2 Å². The Hall–Kier alpha value is -1.40. The van der Waals surface area contributed by atoms with Gasteiger partial charge in [0.25, 0.3) is 0 Å². The minimum absolute atomic E-state index is 0.363. The van der Waals surface area contributed by atoms with Gasteiger partial charge in [-0.3, -0.25) is 0 Å². The SMILES string of the molecule is CNC(=O)OCC1=CC=C(SSc2ccccn2)CC1. The van der Waals surface area contributed by atoms with E-state index in [2.05, 4.69) is 16.4 Å². The Morgan fingerprint density at radius 1 is 1.35 bits per heavy atom. The van der Waals surface area contributed by atoms with Crippen LogP contribution in [-0.4, -0.2) is 24.7 Å². The van der Waals surface area contributed by atoms with Crippen molar-refractivity contribution in [2.24, 2.45) is 0 Å². The van der Waals surface area contributed by atoms with Crippen LogP contribution in [0.15, 0.2) is 52.1 Å². The topological polar surface area (TPSA) is 51.2 Å². The van der Waals surface area contributed by atoms with Gasteiger partial charge in [-0.25, -0.2) is 9.78 Å². The predicted molar refractivity (Wildman–Crippen MR) is 83.5 cm³/mol. The highest BCUT2D eigenvalue weighted by atomic mass is 33.1. The number of alkyl carbamates (subject to hydrolysis) is 1. The van der Waals surface area contributed by atoms with E-state index >= 15 is 0 Å². The van der Waals surface area contributed by atoms with Crippen molar-refractivity contribution in [1.82, 2.24) is 10.3 Å². The van der Waals surface area contributed by atoms with Crippen molar-refractivity contribution in [1.29, 1.82) is 0 Å². The van der Waals surface area contributed by atoms with Crippen molar-refractivity contribution < 1.29 is 9.53 Å². The number of pyridine rings is 1. The molecule has 0 unspecified atom stereocenters. The summed E-state index contributed by atoms with van der Waals surface area (Å²) in [6.07, 6.45) is 7.44. The fourth-order valence-electron chi connectivity index (χ4n) is 1.57. The molecule has 1 aromatic heterocycles. The standard InChI is InChI=1S/C14H16N2O2S2/c1-15-14(17)18-10-11-5-7-12(8-6-11)19-20-13-4-2-3-9-16-13/h2-5,7,9H,6,8,10H2,1H3,(H,15,17). The summed E-state index contributed by atoms with van der Waals surface area (Å²) in [4.78, 5) is 16.6. The second kappa shape index (κ2) is 8.01. The molecule has 0 bridgehead atoms. The molecule has 4 nitrogen and oxygen atoms in total. The van der Waals surface area contributed by atoms with E-state index in [0.29, 0.717) is 6.61 Å². The lowest BCUT2D eigenvalue weighted by Gasteiger charge is -2.13. The van der Waals surface area contributed by atoms with Crippen molar-refractivity contribution in [3.05, 3.63) is 47.0 Å². The molecule has 1 aliphatic carbocycles. The van der Waals surface area contributed by atoms with Crippen LogP contribution in [0, 0.1) is 0 Å². The number of allylic oxidation sites excluding steroid dienone is 3. The van der Waals surface area contributed by atoms with Gasteiger partial charge in [-0.1, -0.05) is 29.0 Å². The average molecular weight is 308 g/mol.